The largest absolute Gasteiger partial charge is 0.494 e. The highest BCUT2D eigenvalue weighted by molar-refractivity contribution is 6.23. The average Bonchev–Trinajstić information content (AvgIpc) is 3.08. The lowest BCUT2D eigenvalue weighted by Crippen LogP contribution is -2.07. The topological polar surface area (TPSA) is 129 Å². The number of hydrogen-bond donors (Lipinski definition) is 3. The van der Waals surface area contributed by atoms with Gasteiger partial charge in [0.05, 0.1) is 33.6 Å². The van der Waals surface area contributed by atoms with Gasteiger partial charge < -0.3 is 15.3 Å². The Balaban J connectivity index is 2.06. The molecule has 0 aliphatic rings. The van der Waals surface area contributed by atoms with Crippen molar-refractivity contribution >= 4 is 40.1 Å². The Morgan fingerprint density at radius 2 is 1.50 bits per heavy atom. The van der Waals surface area contributed by atoms with Crippen molar-refractivity contribution in [1.29, 1.82) is 0 Å². The number of aryl methyl sites for hydroxylation is 1. The molecule has 170 valence electrons. The molecule has 8 nitrogen and oxygen atoms in total. The molecule has 0 radical (unpaired) electrons. The molecule has 8 heteroatoms. The third kappa shape index (κ3) is 3.93. The highest BCUT2D eigenvalue weighted by Gasteiger charge is 2.26. The van der Waals surface area contributed by atoms with E-state index in [9.17, 15) is 24.6 Å². The molecule has 0 saturated carbocycles. The summed E-state index contributed by atoms with van der Waals surface area (Å²) in [6.45, 7) is 2.91. The van der Waals surface area contributed by atoms with Crippen molar-refractivity contribution in [2.24, 2.45) is 4.99 Å². The van der Waals surface area contributed by atoms with Crippen molar-refractivity contribution in [3.8, 4) is 5.88 Å². The van der Waals surface area contributed by atoms with Crippen LogP contribution in [0.2, 0.25) is 0 Å². The number of carboxylic acids is 2. The van der Waals surface area contributed by atoms with E-state index in [1.165, 1.54) is 25.1 Å². The number of aromatic nitrogens is 1. The zero-order chi connectivity index (χ0) is 24.6. The molecule has 0 spiro atoms. The van der Waals surface area contributed by atoms with Gasteiger partial charge in [-0.1, -0.05) is 30.3 Å². The van der Waals surface area contributed by atoms with Crippen molar-refractivity contribution in [2.75, 3.05) is 0 Å². The van der Waals surface area contributed by atoms with Gasteiger partial charge in [0, 0.05) is 17.9 Å². The maximum absolute atomic E-state index is 12.4. The number of aliphatic imine (C=N–C) groups is 1. The van der Waals surface area contributed by atoms with E-state index in [0.717, 1.165) is 4.57 Å². The second-order valence-corrected chi connectivity index (χ2v) is 7.72. The van der Waals surface area contributed by atoms with Gasteiger partial charge in [-0.2, -0.15) is 0 Å². The highest BCUT2D eigenvalue weighted by Crippen LogP contribution is 2.36. The Morgan fingerprint density at radius 3 is 2.06 bits per heavy atom. The first-order valence-corrected chi connectivity index (χ1v) is 10.3. The summed E-state index contributed by atoms with van der Waals surface area (Å²) in [5, 5.41) is 30.3. The summed E-state index contributed by atoms with van der Waals surface area (Å²) >= 11 is 0. The van der Waals surface area contributed by atoms with Gasteiger partial charge in [0.25, 0.3) is 0 Å². The predicted octanol–water partition coefficient (Wildman–Crippen LogP) is 4.88. The minimum Gasteiger partial charge on any atom is -0.494 e. The first kappa shape index (κ1) is 22.5. The van der Waals surface area contributed by atoms with Crippen LogP contribution in [0.3, 0.4) is 0 Å². The molecule has 1 aromatic heterocycles. The van der Waals surface area contributed by atoms with Gasteiger partial charge in [0.15, 0.2) is 0 Å². The molecule has 0 amide bonds. The zero-order valence-electron chi connectivity index (χ0n) is 18.3. The fourth-order valence-electron chi connectivity index (χ4n) is 3.88. The quantitative estimate of drug-likeness (QED) is 0.367. The van der Waals surface area contributed by atoms with Crippen LogP contribution in [0.25, 0.3) is 10.9 Å². The summed E-state index contributed by atoms with van der Waals surface area (Å²) in [5.74, 6) is -3.07. The Morgan fingerprint density at radius 1 is 0.853 bits per heavy atom. The molecule has 0 fully saturated rings. The first-order chi connectivity index (χ1) is 16.2. The Labute approximate surface area is 194 Å². The van der Waals surface area contributed by atoms with E-state index >= 15 is 0 Å². The second kappa shape index (κ2) is 8.67. The monoisotopic (exact) mass is 456 g/mol. The van der Waals surface area contributed by atoms with Crippen LogP contribution in [-0.4, -0.2) is 43.4 Å². The summed E-state index contributed by atoms with van der Waals surface area (Å²) in [6.07, 6.45) is 0. The Kier molecular flexibility index (Phi) is 5.73. The molecule has 1 heterocycles. The normalized spacial score (nSPS) is 11.5. The molecule has 0 aliphatic heterocycles. The van der Waals surface area contributed by atoms with E-state index < -0.39 is 17.8 Å². The zero-order valence-corrected chi connectivity index (χ0v) is 18.3. The molecular weight excluding hydrogens is 436 g/mol. The van der Waals surface area contributed by atoms with Crippen molar-refractivity contribution in [3.05, 3.63) is 94.5 Å². The number of carboxylic acid groups (broad SMARTS) is 2. The lowest BCUT2D eigenvalue weighted by molar-refractivity contribution is 0.0685. The fraction of sp³-hybridized carbons (Fsp3) is 0.0769. The minimum atomic E-state index is -1.15. The summed E-state index contributed by atoms with van der Waals surface area (Å²) < 4.78 is 1.06. The summed E-state index contributed by atoms with van der Waals surface area (Å²) in [7, 11) is 0. The van der Waals surface area contributed by atoms with Crippen molar-refractivity contribution in [2.45, 2.75) is 13.8 Å². The van der Waals surface area contributed by atoms with E-state index in [0.29, 0.717) is 27.9 Å². The highest BCUT2D eigenvalue weighted by atomic mass is 16.4. The van der Waals surface area contributed by atoms with Crippen LogP contribution in [0.5, 0.6) is 5.88 Å². The van der Waals surface area contributed by atoms with Crippen LogP contribution < -0.4 is 0 Å². The van der Waals surface area contributed by atoms with Gasteiger partial charge in [0.1, 0.15) is 0 Å². The maximum atomic E-state index is 12.4. The van der Waals surface area contributed by atoms with E-state index in [1.807, 2.05) is 6.07 Å². The van der Waals surface area contributed by atoms with Gasteiger partial charge in [-0.05, 0) is 48.9 Å². The number of rotatable bonds is 5. The van der Waals surface area contributed by atoms with Crippen LogP contribution in [0.4, 0.5) is 5.69 Å². The molecule has 0 saturated heterocycles. The maximum Gasteiger partial charge on any atom is 0.336 e. The van der Waals surface area contributed by atoms with E-state index in [-0.39, 0.29) is 28.1 Å². The van der Waals surface area contributed by atoms with Crippen LogP contribution in [0.15, 0.2) is 71.7 Å². The third-order valence-corrected chi connectivity index (χ3v) is 5.47. The molecule has 34 heavy (non-hydrogen) atoms. The van der Waals surface area contributed by atoms with Gasteiger partial charge >= 0.3 is 11.9 Å². The van der Waals surface area contributed by atoms with Crippen molar-refractivity contribution < 1.29 is 29.7 Å². The molecule has 3 N–H and O–H groups in total. The Hall–Kier alpha value is -4.72. The SMILES string of the molecule is CC(=O)n1c(O)c(C(=Nc2ccc(C(=O)O)cc2)c2ccccc2)c2cc(C)c(C(=O)O)cc21. The minimum absolute atomic E-state index is 0.0153. The lowest BCUT2D eigenvalue weighted by Gasteiger charge is -2.09. The summed E-state index contributed by atoms with van der Waals surface area (Å²) in [6, 6.07) is 17.9. The van der Waals surface area contributed by atoms with Crippen LogP contribution >= 0.6 is 0 Å². The van der Waals surface area contributed by atoms with Gasteiger partial charge in [-0.3, -0.25) is 9.36 Å². The van der Waals surface area contributed by atoms with Crippen molar-refractivity contribution in [3.63, 3.8) is 0 Å². The standard InChI is InChI=1S/C26H20N2O6/c1-14-12-20-21(13-19(14)26(33)34)28(15(2)29)24(30)22(20)23(16-6-4-3-5-7-16)27-18-10-8-17(9-11-18)25(31)32/h3-13,30H,1-2H3,(H,31,32)(H,33,34). The predicted molar refractivity (Wildman–Crippen MR) is 127 cm³/mol. The number of nitrogens with zero attached hydrogens (tertiary/aromatic N) is 2. The van der Waals surface area contributed by atoms with E-state index in [2.05, 4.69) is 0 Å². The molecule has 0 aliphatic carbocycles. The molecule has 0 unspecified atom stereocenters. The second-order valence-electron chi connectivity index (χ2n) is 7.72. The lowest BCUT2D eigenvalue weighted by atomic mass is 9.98. The van der Waals surface area contributed by atoms with Crippen molar-refractivity contribution in [1.82, 2.24) is 4.57 Å². The molecular formula is C26H20N2O6. The smallest absolute Gasteiger partial charge is 0.336 e. The third-order valence-electron chi connectivity index (χ3n) is 5.47. The average molecular weight is 456 g/mol. The molecule has 3 aromatic carbocycles. The number of fused-ring (bicyclic) bond motifs is 1. The molecule has 0 bridgehead atoms. The number of carbonyl (C=O) groups is 3. The van der Waals surface area contributed by atoms with Crippen LogP contribution in [-0.2, 0) is 0 Å². The number of benzene rings is 3. The number of aromatic carboxylic acids is 2. The molecule has 4 rings (SSSR count). The van der Waals surface area contributed by atoms with Gasteiger partial charge in [-0.15, -0.1) is 0 Å². The Bertz CT molecular complexity index is 1480. The van der Waals surface area contributed by atoms with E-state index in [4.69, 9.17) is 10.1 Å². The van der Waals surface area contributed by atoms with Gasteiger partial charge in [-0.25, -0.2) is 14.6 Å². The first-order valence-electron chi connectivity index (χ1n) is 10.3. The molecule has 4 aromatic rings. The van der Waals surface area contributed by atoms with Gasteiger partial charge in [0.2, 0.25) is 11.8 Å². The van der Waals surface area contributed by atoms with E-state index in [1.54, 1.807) is 49.4 Å². The summed E-state index contributed by atoms with van der Waals surface area (Å²) in [5.41, 5.74) is 2.50. The van der Waals surface area contributed by atoms with Crippen LogP contribution in [0.1, 0.15) is 49.1 Å². The van der Waals surface area contributed by atoms with Crippen LogP contribution in [0, 0.1) is 6.92 Å². The fourth-order valence-corrected chi connectivity index (χ4v) is 3.88. The number of hydrogen-bond acceptors (Lipinski definition) is 5. The molecule has 0 atom stereocenters. The number of aromatic hydroxyl groups is 1. The number of carbonyl (C=O) groups excluding carboxylic acids is 1. The summed E-state index contributed by atoms with van der Waals surface area (Å²) in [4.78, 5) is 40.0.